The summed E-state index contributed by atoms with van der Waals surface area (Å²) in [5.74, 6) is 1.15. The molecule has 6 heteroatoms. The van der Waals surface area contributed by atoms with Gasteiger partial charge in [-0.1, -0.05) is 5.16 Å². The zero-order chi connectivity index (χ0) is 15.4. The highest BCUT2D eigenvalue weighted by atomic mass is 16.5. The Morgan fingerprint density at radius 2 is 2.19 bits per heavy atom. The summed E-state index contributed by atoms with van der Waals surface area (Å²) < 4.78 is 5.10. The van der Waals surface area contributed by atoms with E-state index in [2.05, 4.69) is 10.5 Å². The number of carbonyl (C=O) groups is 2. The van der Waals surface area contributed by atoms with Gasteiger partial charge in [0.2, 0.25) is 11.8 Å². The van der Waals surface area contributed by atoms with Gasteiger partial charge in [0, 0.05) is 32.1 Å². The fraction of sp³-hybridized carbons (Fsp3) is 0.667. The lowest BCUT2D eigenvalue weighted by molar-refractivity contribution is -0.132. The first kappa shape index (κ1) is 15.5. The number of nitrogens with zero attached hydrogens (tertiary/aromatic N) is 2. The summed E-state index contributed by atoms with van der Waals surface area (Å²) in [7, 11) is 0. The molecule has 2 heterocycles. The van der Waals surface area contributed by atoms with Gasteiger partial charge in [0.25, 0.3) is 0 Å². The van der Waals surface area contributed by atoms with Gasteiger partial charge in [0.15, 0.2) is 0 Å². The molecule has 1 N–H and O–H groups in total. The third-order valence-corrected chi connectivity index (χ3v) is 4.02. The molecule has 116 valence electrons. The Hall–Kier alpha value is -1.85. The third-order valence-electron chi connectivity index (χ3n) is 4.02. The monoisotopic (exact) mass is 293 g/mol. The van der Waals surface area contributed by atoms with Crippen molar-refractivity contribution in [2.75, 3.05) is 19.6 Å². The lowest BCUT2D eigenvalue weighted by Gasteiger charge is -2.33. The first-order valence-corrected chi connectivity index (χ1v) is 7.41. The maximum Gasteiger partial charge on any atom is 0.227 e. The molecule has 2 rings (SSSR count). The molecule has 0 saturated carbocycles. The SMILES string of the molecule is CC(=O)NC[C@@H]1CCCN(C(=O)Cc2c(C)noc2C)C1. The van der Waals surface area contributed by atoms with E-state index < -0.39 is 0 Å². The molecule has 0 radical (unpaired) electrons. The number of amides is 2. The average molecular weight is 293 g/mol. The van der Waals surface area contributed by atoms with E-state index in [0.717, 1.165) is 30.6 Å². The van der Waals surface area contributed by atoms with Gasteiger partial charge in [-0.3, -0.25) is 9.59 Å². The van der Waals surface area contributed by atoms with E-state index in [-0.39, 0.29) is 11.8 Å². The van der Waals surface area contributed by atoms with Crippen LogP contribution in [0.5, 0.6) is 0 Å². The summed E-state index contributed by atoms with van der Waals surface area (Å²) >= 11 is 0. The molecule has 1 saturated heterocycles. The van der Waals surface area contributed by atoms with E-state index in [0.29, 0.717) is 31.2 Å². The van der Waals surface area contributed by atoms with Gasteiger partial charge in [0.05, 0.1) is 12.1 Å². The predicted molar refractivity (Wildman–Crippen MR) is 77.7 cm³/mol. The van der Waals surface area contributed by atoms with Crippen molar-refractivity contribution < 1.29 is 14.1 Å². The Morgan fingerprint density at radius 3 is 2.81 bits per heavy atom. The van der Waals surface area contributed by atoms with Crippen molar-refractivity contribution in [2.24, 2.45) is 5.92 Å². The second kappa shape index (κ2) is 6.74. The highest BCUT2D eigenvalue weighted by Gasteiger charge is 2.25. The molecule has 6 nitrogen and oxygen atoms in total. The summed E-state index contributed by atoms with van der Waals surface area (Å²) in [5, 5.41) is 6.72. The molecule has 21 heavy (non-hydrogen) atoms. The highest BCUT2D eigenvalue weighted by Crippen LogP contribution is 2.19. The second-order valence-corrected chi connectivity index (χ2v) is 5.76. The van der Waals surface area contributed by atoms with Crippen molar-refractivity contribution in [3.63, 3.8) is 0 Å². The zero-order valence-electron chi connectivity index (χ0n) is 12.9. The third kappa shape index (κ3) is 4.06. The molecule has 1 aliphatic heterocycles. The number of hydrogen-bond acceptors (Lipinski definition) is 4. The molecular weight excluding hydrogens is 270 g/mol. The van der Waals surface area contributed by atoms with E-state index in [9.17, 15) is 9.59 Å². The Kier molecular flexibility index (Phi) is 4.98. The van der Waals surface area contributed by atoms with E-state index in [1.807, 2.05) is 18.7 Å². The van der Waals surface area contributed by atoms with Gasteiger partial charge in [-0.15, -0.1) is 0 Å². The molecule has 0 spiro atoms. The van der Waals surface area contributed by atoms with Gasteiger partial charge >= 0.3 is 0 Å². The summed E-state index contributed by atoms with van der Waals surface area (Å²) in [6.45, 7) is 7.35. The Bertz CT molecular complexity index is 505. The Morgan fingerprint density at radius 1 is 1.43 bits per heavy atom. The van der Waals surface area contributed by atoms with Crippen molar-refractivity contribution in [3.8, 4) is 0 Å². The quantitative estimate of drug-likeness (QED) is 0.905. The van der Waals surface area contributed by atoms with Crippen LogP contribution in [0.2, 0.25) is 0 Å². The number of nitrogens with one attached hydrogen (secondary N) is 1. The van der Waals surface area contributed by atoms with Crippen LogP contribution in [0.3, 0.4) is 0 Å². The molecule has 1 aromatic heterocycles. The Balaban J connectivity index is 1.91. The minimum Gasteiger partial charge on any atom is -0.361 e. The van der Waals surface area contributed by atoms with Crippen molar-refractivity contribution in [3.05, 3.63) is 17.0 Å². The smallest absolute Gasteiger partial charge is 0.227 e. The molecule has 2 amide bonds. The minimum absolute atomic E-state index is 0.0193. The summed E-state index contributed by atoms with van der Waals surface area (Å²) in [6, 6.07) is 0. The van der Waals surface area contributed by atoms with E-state index >= 15 is 0 Å². The van der Waals surface area contributed by atoms with Crippen LogP contribution >= 0.6 is 0 Å². The van der Waals surface area contributed by atoms with Gasteiger partial charge in [-0.25, -0.2) is 0 Å². The number of carbonyl (C=O) groups excluding carboxylic acids is 2. The van der Waals surface area contributed by atoms with Crippen molar-refractivity contribution in [2.45, 2.75) is 40.0 Å². The molecule has 1 atom stereocenters. The first-order valence-electron chi connectivity index (χ1n) is 7.41. The molecule has 1 aromatic rings. The van der Waals surface area contributed by atoms with Crippen molar-refractivity contribution in [1.82, 2.24) is 15.4 Å². The van der Waals surface area contributed by atoms with Crippen molar-refractivity contribution >= 4 is 11.8 Å². The number of aromatic nitrogens is 1. The van der Waals surface area contributed by atoms with Crippen LogP contribution in [0.25, 0.3) is 0 Å². The van der Waals surface area contributed by atoms with E-state index in [1.54, 1.807) is 0 Å². The van der Waals surface area contributed by atoms with Gasteiger partial charge in [0.1, 0.15) is 5.76 Å². The van der Waals surface area contributed by atoms with Gasteiger partial charge < -0.3 is 14.7 Å². The van der Waals surface area contributed by atoms with Crippen LogP contribution < -0.4 is 5.32 Å². The molecule has 0 aliphatic carbocycles. The maximum absolute atomic E-state index is 12.4. The number of rotatable bonds is 4. The average Bonchev–Trinajstić information content (AvgIpc) is 2.77. The normalized spacial score (nSPS) is 18.6. The van der Waals surface area contributed by atoms with Crippen LogP contribution in [0, 0.1) is 19.8 Å². The summed E-state index contributed by atoms with van der Waals surface area (Å²) in [5.41, 5.74) is 1.68. The number of hydrogen-bond donors (Lipinski definition) is 1. The van der Waals surface area contributed by atoms with Gasteiger partial charge in [-0.2, -0.15) is 0 Å². The Labute approximate surface area is 124 Å². The second-order valence-electron chi connectivity index (χ2n) is 5.76. The van der Waals surface area contributed by atoms with Crippen LogP contribution in [0.4, 0.5) is 0 Å². The van der Waals surface area contributed by atoms with Crippen LogP contribution in [-0.4, -0.2) is 41.5 Å². The lowest BCUT2D eigenvalue weighted by Crippen LogP contribution is -2.44. The number of likely N-dealkylation sites (tertiary alicyclic amines) is 1. The van der Waals surface area contributed by atoms with E-state index in [1.165, 1.54) is 6.92 Å². The van der Waals surface area contributed by atoms with Crippen LogP contribution in [0.15, 0.2) is 4.52 Å². The lowest BCUT2D eigenvalue weighted by atomic mass is 9.97. The van der Waals surface area contributed by atoms with E-state index in [4.69, 9.17) is 4.52 Å². The maximum atomic E-state index is 12.4. The standard InChI is InChI=1S/C15H23N3O3/c1-10-14(11(2)21-17-10)7-15(20)18-6-4-5-13(9-18)8-16-12(3)19/h13H,4-9H2,1-3H3,(H,16,19)/t13-/m0/s1. The molecule has 1 aliphatic rings. The summed E-state index contributed by atoms with van der Waals surface area (Å²) in [6.07, 6.45) is 2.38. The molecular formula is C15H23N3O3. The molecule has 1 fully saturated rings. The molecule has 0 aromatic carbocycles. The van der Waals surface area contributed by atoms with Crippen LogP contribution in [0.1, 0.15) is 36.8 Å². The van der Waals surface area contributed by atoms with Crippen LogP contribution in [-0.2, 0) is 16.0 Å². The number of aryl methyl sites for hydroxylation is 2. The predicted octanol–water partition coefficient (Wildman–Crippen LogP) is 1.21. The topological polar surface area (TPSA) is 75.4 Å². The summed E-state index contributed by atoms with van der Waals surface area (Å²) in [4.78, 5) is 25.3. The molecule has 0 bridgehead atoms. The zero-order valence-corrected chi connectivity index (χ0v) is 12.9. The number of piperidine rings is 1. The van der Waals surface area contributed by atoms with Gasteiger partial charge in [-0.05, 0) is 32.6 Å². The van der Waals surface area contributed by atoms with Crippen molar-refractivity contribution in [1.29, 1.82) is 0 Å². The fourth-order valence-corrected chi connectivity index (χ4v) is 2.76. The fourth-order valence-electron chi connectivity index (χ4n) is 2.76. The highest BCUT2D eigenvalue weighted by molar-refractivity contribution is 5.79. The largest absolute Gasteiger partial charge is 0.361 e. The minimum atomic E-state index is -0.0193. The first-order chi connectivity index (χ1) is 9.97. The molecule has 0 unspecified atom stereocenters.